The Labute approximate surface area is 130 Å². The van der Waals surface area contributed by atoms with E-state index < -0.39 is 0 Å². The van der Waals surface area contributed by atoms with Gasteiger partial charge in [-0.05, 0) is 37.0 Å². The Morgan fingerprint density at radius 1 is 1.25 bits per heavy atom. The number of hydrogen-bond acceptors (Lipinski definition) is 1. The maximum Gasteiger partial charge on any atom is 0.232 e. The van der Waals surface area contributed by atoms with Gasteiger partial charge in [0.25, 0.3) is 0 Å². The predicted molar refractivity (Wildman–Crippen MR) is 86.8 cm³/mol. The van der Waals surface area contributed by atoms with Crippen LogP contribution in [-0.4, -0.2) is 24.4 Å². The van der Waals surface area contributed by atoms with Gasteiger partial charge in [-0.3, -0.25) is 4.79 Å². The first-order valence-corrected chi connectivity index (χ1v) is 8.41. The van der Waals surface area contributed by atoms with Crippen LogP contribution in [0.15, 0.2) is 28.7 Å². The SMILES string of the molecule is CCCCN(C)C(=O)C1(c2ccc(Br)cc2)CCCC1. The molecule has 0 N–H and O–H groups in total. The zero-order valence-electron chi connectivity index (χ0n) is 12.5. The number of rotatable bonds is 5. The molecule has 20 heavy (non-hydrogen) atoms. The van der Waals surface area contributed by atoms with Crippen molar-refractivity contribution in [1.29, 1.82) is 0 Å². The minimum atomic E-state index is -0.275. The first-order chi connectivity index (χ1) is 9.60. The fraction of sp³-hybridized carbons (Fsp3) is 0.588. The summed E-state index contributed by atoms with van der Waals surface area (Å²) in [4.78, 5) is 14.9. The molecule has 1 aromatic rings. The summed E-state index contributed by atoms with van der Waals surface area (Å²) in [7, 11) is 1.96. The average Bonchev–Trinajstić information content (AvgIpc) is 2.95. The molecule has 1 aromatic carbocycles. The molecule has 0 spiro atoms. The highest BCUT2D eigenvalue weighted by Gasteiger charge is 2.43. The number of nitrogens with zero attached hydrogens (tertiary/aromatic N) is 1. The molecule has 1 amide bonds. The van der Waals surface area contributed by atoms with Crippen LogP contribution in [0.3, 0.4) is 0 Å². The van der Waals surface area contributed by atoms with Gasteiger partial charge in [0.05, 0.1) is 5.41 Å². The second kappa shape index (κ2) is 6.75. The largest absolute Gasteiger partial charge is 0.345 e. The van der Waals surface area contributed by atoms with E-state index in [-0.39, 0.29) is 5.41 Å². The maximum atomic E-state index is 13.0. The summed E-state index contributed by atoms with van der Waals surface area (Å²) < 4.78 is 1.07. The molecule has 0 atom stereocenters. The van der Waals surface area contributed by atoms with Gasteiger partial charge in [-0.15, -0.1) is 0 Å². The zero-order valence-corrected chi connectivity index (χ0v) is 14.1. The van der Waals surface area contributed by atoms with Gasteiger partial charge in [-0.2, -0.15) is 0 Å². The molecule has 2 rings (SSSR count). The third-order valence-electron chi connectivity index (χ3n) is 4.46. The summed E-state index contributed by atoms with van der Waals surface area (Å²) in [6.07, 6.45) is 6.50. The highest BCUT2D eigenvalue weighted by atomic mass is 79.9. The molecule has 0 aliphatic heterocycles. The molecule has 0 bridgehead atoms. The van der Waals surface area contributed by atoms with Crippen LogP contribution in [0, 0.1) is 0 Å². The van der Waals surface area contributed by atoms with Crippen LogP contribution in [0.2, 0.25) is 0 Å². The first kappa shape index (κ1) is 15.6. The van der Waals surface area contributed by atoms with Gasteiger partial charge < -0.3 is 4.90 Å². The fourth-order valence-electron chi connectivity index (χ4n) is 3.24. The van der Waals surface area contributed by atoms with Crippen molar-refractivity contribution in [1.82, 2.24) is 4.90 Å². The lowest BCUT2D eigenvalue weighted by atomic mass is 9.77. The molecule has 2 nitrogen and oxygen atoms in total. The number of likely N-dealkylation sites (N-methyl/N-ethyl adjacent to an activating group) is 1. The molecule has 0 radical (unpaired) electrons. The van der Waals surface area contributed by atoms with E-state index in [1.54, 1.807) is 0 Å². The van der Waals surface area contributed by atoms with E-state index in [0.717, 1.165) is 49.5 Å². The topological polar surface area (TPSA) is 20.3 Å². The Morgan fingerprint density at radius 2 is 1.85 bits per heavy atom. The Balaban J connectivity index is 2.25. The van der Waals surface area contributed by atoms with Crippen molar-refractivity contribution in [2.75, 3.05) is 13.6 Å². The molecule has 0 unspecified atom stereocenters. The van der Waals surface area contributed by atoms with Crippen LogP contribution in [0.1, 0.15) is 51.0 Å². The van der Waals surface area contributed by atoms with Crippen LogP contribution in [0.5, 0.6) is 0 Å². The third kappa shape index (κ3) is 3.08. The lowest BCUT2D eigenvalue weighted by Crippen LogP contribution is -2.44. The van der Waals surface area contributed by atoms with E-state index >= 15 is 0 Å². The summed E-state index contributed by atoms with van der Waals surface area (Å²) in [5.41, 5.74) is 0.912. The fourth-order valence-corrected chi connectivity index (χ4v) is 3.50. The van der Waals surface area contributed by atoms with E-state index in [4.69, 9.17) is 0 Å². The van der Waals surface area contributed by atoms with Crippen molar-refractivity contribution < 1.29 is 4.79 Å². The number of unbranched alkanes of at least 4 members (excludes halogenated alkanes) is 1. The summed E-state index contributed by atoms with van der Waals surface area (Å²) in [6.45, 7) is 3.03. The molecule has 0 heterocycles. The molecule has 1 aliphatic carbocycles. The van der Waals surface area contributed by atoms with E-state index in [1.165, 1.54) is 5.56 Å². The van der Waals surface area contributed by atoms with E-state index in [0.29, 0.717) is 5.91 Å². The van der Waals surface area contributed by atoms with E-state index in [9.17, 15) is 4.79 Å². The van der Waals surface area contributed by atoms with Gasteiger partial charge in [0.15, 0.2) is 0 Å². The maximum absolute atomic E-state index is 13.0. The van der Waals surface area contributed by atoms with E-state index in [2.05, 4.69) is 47.1 Å². The quantitative estimate of drug-likeness (QED) is 0.773. The van der Waals surface area contributed by atoms with E-state index in [1.807, 2.05) is 11.9 Å². The second-order valence-corrected chi connectivity index (χ2v) is 6.79. The van der Waals surface area contributed by atoms with Crippen molar-refractivity contribution in [2.24, 2.45) is 0 Å². The summed E-state index contributed by atoms with van der Waals surface area (Å²) in [6, 6.07) is 8.32. The predicted octanol–water partition coefficient (Wildman–Crippen LogP) is 4.52. The van der Waals surface area contributed by atoms with Gasteiger partial charge in [-0.25, -0.2) is 0 Å². The Morgan fingerprint density at radius 3 is 2.40 bits per heavy atom. The molecule has 3 heteroatoms. The molecular formula is C17H24BrNO. The van der Waals surface area contributed by atoms with Crippen molar-refractivity contribution in [3.63, 3.8) is 0 Å². The molecule has 0 aromatic heterocycles. The van der Waals surface area contributed by atoms with Crippen LogP contribution < -0.4 is 0 Å². The lowest BCUT2D eigenvalue weighted by Gasteiger charge is -2.33. The van der Waals surface area contributed by atoms with Crippen LogP contribution in [-0.2, 0) is 10.2 Å². The standard InChI is InChI=1S/C17H24BrNO/c1-3-4-13-19(2)16(20)17(11-5-6-12-17)14-7-9-15(18)10-8-14/h7-10H,3-6,11-13H2,1-2H3. The van der Waals surface area contributed by atoms with Gasteiger partial charge >= 0.3 is 0 Å². The average molecular weight is 338 g/mol. The van der Waals surface area contributed by atoms with Crippen molar-refractivity contribution in [3.8, 4) is 0 Å². The van der Waals surface area contributed by atoms with Crippen molar-refractivity contribution >= 4 is 21.8 Å². The van der Waals surface area contributed by atoms with Crippen molar-refractivity contribution in [3.05, 3.63) is 34.3 Å². The third-order valence-corrected chi connectivity index (χ3v) is 4.99. The van der Waals surface area contributed by atoms with Crippen LogP contribution >= 0.6 is 15.9 Å². The minimum absolute atomic E-state index is 0.275. The minimum Gasteiger partial charge on any atom is -0.345 e. The first-order valence-electron chi connectivity index (χ1n) is 7.62. The summed E-state index contributed by atoms with van der Waals surface area (Å²) >= 11 is 3.48. The number of benzene rings is 1. The second-order valence-electron chi connectivity index (χ2n) is 5.88. The highest BCUT2D eigenvalue weighted by molar-refractivity contribution is 9.10. The van der Waals surface area contributed by atoms with Crippen LogP contribution in [0.4, 0.5) is 0 Å². The normalized spacial score (nSPS) is 17.1. The molecule has 1 fully saturated rings. The molecule has 110 valence electrons. The van der Waals surface area contributed by atoms with Crippen molar-refractivity contribution in [2.45, 2.75) is 50.9 Å². The monoisotopic (exact) mass is 337 g/mol. The number of amides is 1. The Hall–Kier alpha value is -0.830. The highest BCUT2D eigenvalue weighted by Crippen LogP contribution is 2.42. The smallest absolute Gasteiger partial charge is 0.232 e. The van der Waals surface area contributed by atoms with Gasteiger partial charge in [0.2, 0.25) is 5.91 Å². The lowest BCUT2D eigenvalue weighted by molar-refractivity contribution is -0.136. The summed E-state index contributed by atoms with van der Waals surface area (Å²) in [5.74, 6) is 0.311. The summed E-state index contributed by atoms with van der Waals surface area (Å²) in [5, 5.41) is 0. The Bertz CT molecular complexity index is 449. The Kier molecular flexibility index (Phi) is 5.25. The molecular weight excluding hydrogens is 314 g/mol. The molecule has 1 saturated carbocycles. The number of carbonyl (C=O) groups excluding carboxylic acids is 1. The zero-order chi connectivity index (χ0) is 14.6. The van der Waals surface area contributed by atoms with Gasteiger partial charge in [-0.1, -0.05) is 54.2 Å². The molecule has 1 aliphatic rings. The van der Waals surface area contributed by atoms with Gasteiger partial charge in [0, 0.05) is 18.1 Å². The number of carbonyl (C=O) groups is 1. The van der Waals surface area contributed by atoms with Gasteiger partial charge in [0.1, 0.15) is 0 Å². The van der Waals surface area contributed by atoms with Crippen LogP contribution in [0.25, 0.3) is 0 Å². The number of halogens is 1. The molecule has 0 saturated heterocycles. The number of hydrogen-bond donors (Lipinski definition) is 0.